The fourth-order valence-corrected chi connectivity index (χ4v) is 2.32. The van der Waals surface area contributed by atoms with E-state index in [1.807, 2.05) is 18.6 Å². The van der Waals surface area contributed by atoms with Gasteiger partial charge in [-0.25, -0.2) is 13.4 Å². The molecule has 0 fully saturated rings. The molecule has 0 aliphatic heterocycles. The fraction of sp³-hybridized carbons (Fsp3) is 0.556. The monoisotopic (exact) mass is 261 g/mol. The molecule has 17 heavy (non-hydrogen) atoms. The summed E-state index contributed by atoms with van der Waals surface area (Å²) < 4.78 is 26.9. The van der Waals surface area contributed by atoms with E-state index in [0.717, 1.165) is 0 Å². The van der Waals surface area contributed by atoms with Crippen molar-refractivity contribution >= 4 is 16.0 Å². The Bertz CT molecular complexity index is 518. The number of hydrogen-bond donors (Lipinski definition) is 2. The van der Waals surface area contributed by atoms with Gasteiger partial charge < -0.3 is 9.67 Å². The lowest BCUT2D eigenvalue weighted by Crippen LogP contribution is -2.29. The van der Waals surface area contributed by atoms with Crippen LogP contribution >= 0.6 is 0 Å². The van der Waals surface area contributed by atoms with Crippen molar-refractivity contribution in [1.29, 1.82) is 0 Å². The van der Waals surface area contributed by atoms with Crippen LogP contribution in [-0.4, -0.2) is 35.6 Å². The van der Waals surface area contributed by atoms with Crippen molar-refractivity contribution < 1.29 is 18.3 Å². The van der Waals surface area contributed by atoms with E-state index in [9.17, 15) is 13.2 Å². The number of aromatic nitrogens is 2. The van der Waals surface area contributed by atoms with Crippen molar-refractivity contribution in [2.24, 2.45) is 7.05 Å². The summed E-state index contributed by atoms with van der Waals surface area (Å²) in [6, 6.07) is 0. The third-order valence-corrected chi connectivity index (χ3v) is 3.37. The van der Waals surface area contributed by atoms with Gasteiger partial charge >= 0.3 is 5.97 Å². The molecular formula is C9H15N3O4S. The first-order chi connectivity index (χ1) is 7.74. The van der Waals surface area contributed by atoms with Crippen LogP contribution in [0.3, 0.4) is 0 Å². The van der Waals surface area contributed by atoms with E-state index in [1.165, 1.54) is 6.20 Å². The van der Waals surface area contributed by atoms with Crippen molar-refractivity contribution in [2.75, 3.05) is 6.54 Å². The Kier molecular flexibility index (Phi) is 3.89. The van der Waals surface area contributed by atoms with Crippen molar-refractivity contribution in [3.8, 4) is 0 Å². The Morgan fingerprint density at radius 1 is 1.59 bits per heavy atom. The highest BCUT2D eigenvalue weighted by Gasteiger charge is 2.21. The van der Waals surface area contributed by atoms with Gasteiger partial charge in [0.15, 0.2) is 5.03 Å². The van der Waals surface area contributed by atoms with Crippen LogP contribution in [0, 0.1) is 0 Å². The van der Waals surface area contributed by atoms with Crippen LogP contribution in [0.25, 0.3) is 0 Å². The van der Waals surface area contributed by atoms with Gasteiger partial charge in [0.25, 0.3) is 10.0 Å². The molecule has 0 radical (unpaired) electrons. The minimum absolute atomic E-state index is 0.0865. The summed E-state index contributed by atoms with van der Waals surface area (Å²) in [6.45, 7) is 3.13. The number of hydrogen-bond acceptors (Lipinski definition) is 4. The number of aryl methyl sites for hydroxylation is 1. The molecule has 1 aromatic rings. The minimum Gasteiger partial charge on any atom is -0.480 e. The molecule has 0 amide bonds. The van der Waals surface area contributed by atoms with Crippen LogP contribution in [0.5, 0.6) is 0 Å². The van der Waals surface area contributed by atoms with E-state index in [-0.39, 0.29) is 10.9 Å². The molecule has 0 aliphatic rings. The van der Waals surface area contributed by atoms with Gasteiger partial charge in [-0.15, -0.1) is 0 Å². The molecule has 1 aromatic heterocycles. The second-order valence-electron chi connectivity index (χ2n) is 3.92. The topological polar surface area (TPSA) is 101 Å². The Morgan fingerprint density at radius 3 is 2.59 bits per heavy atom. The second kappa shape index (κ2) is 4.84. The maximum absolute atomic E-state index is 11.7. The first-order valence-electron chi connectivity index (χ1n) is 4.98. The Labute approximate surface area is 99.5 Å². The SMILES string of the molecule is CC(C)c1nc(S(=O)(=O)NCC(=O)O)cn1C. The number of nitrogens with one attached hydrogen (secondary N) is 1. The third-order valence-electron chi connectivity index (χ3n) is 2.10. The van der Waals surface area contributed by atoms with Gasteiger partial charge in [-0.1, -0.05) is 13.8 Å². The zero-order valence-electron chi connectivity index (χ0n) is 9.84. The number of aliphatic carboxylic acids is 1. The number of carbonyl (C=O) groups is 1. The van der Waals surface area contributed by atoms with Crippen LogP contribution in [0.2, 0.25) is 0 Å². The summed E-state index contributed by atoms with van der Waals surface area (Å²) in [5.41, 5.74) is 0. The molecule has 96 valence electrons. The van der Waals surface area contributed by atoms with Crippen LogP contribution in [0.1, 0.15) is 25.6 Å². The van der Waals surface area contributed by atoms with Crippen LogP contribution in [-0.2, 0) is 21.9 Å². The number of imidazole rings is 1. The number of carboxylic acid groups (broad SMARTS) is 1. The second-order valence-corrected chi connectivity index (χ2v) is 5.64. The average Bonchev–Trinajstić information content (AvgIpc) is 2.58. The van der Waals surface area contributed by atoms with Crippen LogP contribution in [0.4, 0.5) is 0 Å². The highest BCUT2D eigenvalue weighted by atomic mass is 32.2. The van der Waals surface area contributed by atoms with Crippen LogP contribution < -0.4 is 4.72 Å². The zero-order chi connectivity index (χ0) is 13.2. The van der Waals surface area contributed by atoms with E-state index in [2.05, 4.69) is 4.98 Å². The molecule has 0 unspecified atom stereocenters. The molecule has 2 N–H and O–H groups in total. The molecule has 0 bridgehead atoms. The molecule has 1 heterocycles. The van der Waals surface area contributed by atoms with Gasteiger partial charge in [0.2, 0.25) is 0 Å². The normalized spacial score (nSPS) is 12.0. The molecule has 0 atom stereocenters. The minimum atomic E-state index is -3.85. The summed E-state index contributed by atoms with van der Waals surface area (Å²) in [5, 5.41) is 8.26. The van der Waals surface area contributed by atoms with E-state index in [4.69, 9.17) is 5.11 Å². The number of rotatable bonds is 5. The Hall–Kier alpha value is -1.41. The molecule has 1 rings (SSSR count). The van der Waals surface area contributed by atoms with Gasteiger partial charge in [0.05, 0.1) is 0 Å². The standard InChI is InChI=1S/C9H15N3O4S/c1-6(2)9-11-7(5-12(9)3)17(15,16)10-4-8(13)14/h5-6,10H,4H2,1-3H3,(H,13,14). The maximum atomic E-state index is 11.7. The number of carboxylic acids is 1. The van der Waals surface area contributed by atoms with Crippen molar-refractivity contribution in [1.82, 2.24) is 14.3 Å². The van der Waals surface area contributed by atoms with Crippen LogP contribution in [0.15, 0.2) is 11.2 Å². The number of sulfonamides is 1. The van der Waals surface area contributed by atoms with Gasteiger partial charge in [-0.2, -0.15) is 4.72 Å². The molecule has 0 aromatic carbocycles. The summed E-state index contributed by atoms with van der Waals surface area (Å²) in [7, 11) is -2.16. The molecule has 0 aliphatic carbocycles. The van der Waals surface area contributed by atoms with Crippen molar-refractivity contribution in [3.05, 3.63) is 12.0 Å². The lowest BCUT2D eigenvalue weighted by atomic mass is 10.2. The fourth-order valence-electron chi connectivity index (χ4n) is 1.35. The van der Waals surface area contributed by atoms with E-state index in [1.54, 1.807) is 11.6 Å². The summed E-state index contributed by atoms with van der Waals surface area (Å²) >= 11 is 0. The Morgan fingerprint density at radius 2 is 2.18 bits per heavy atom. The van der Waals surface area contributed by atoms with E-state index >= 15 is 0 Å². The van der Waals surface area contributed by atoms with E-state index in [0.29, 0.717) is 5.82 Å². The average molecular weight is 261 g/mol. The van der Waals surface area contributed by atoms with Gasteiger partial charge in [-0.3, -0.25) is 4.79 Å². The first kappa shape index (κ1) is 13.7. The Balaban J connectivity index is 3.00. The third kappa shape index (κ3) is 3.27. The van der Waals surface area contributed by atoms with Gasteiger partial charge in [0.1, 0.15) is 12.4 Å². The van der Waals surface area contributed by atoms with Crippen molar-refractivity contribution in [2.45, 2.75) is 24.8 Å². The maximum Gasteiger partial charge on any atom is 0.318 e. The molecule has 0 spiro atoms. The lowest BCUT2D eigenvalue weighted by molar-refractivity contribution is -0.135. The molecule has 0 saturated heterocycles. The zero-order valence-corrected chi connectivity index (χ0v) is 10.7. The molecule has 0 saturated carbocycles. The highest BCUT2D eigenvalue weighted by molar-refractivity contribution is 7.89. The predicted molar refractivity (Wildman–Crippen MR) is 60.1 cm³/mol. The molecular weight excluding hydrogens is 246 g/mol. The predicted octanol–water partition coefficient (Wildman–Crippen LogP) is -0.0936. The lowest BCUT2D eigenvalue weighted by Gasteiger charge is -2.02. The van der Waals surface area contributed by atoms with Gasteiger partial charge in [-0.05, 0) is 0 Å². The first-order valence-corrected chi connectivity index (χ1v) is 6.47. The molecule has 8 heteroatoms. The van der Waals surface area contributed by atoms with E-state index < -0.39 is 22.5 Å². The summed E-state index contributed by atoms with van der Waals surface area (Å²) in [6.07, 6.45) is 1.36. The number of nitrogens with zero attached hydrogens (tertiary/aromatic N) is 2. The molecule has 7 nitrogen and oxygen atoms in total. The smallest absolute Gasteiger partial charge is 0.318 e. The quantitative estimate of drug-likeness (QED) is 0.771. The largest absolute Gasteiger partial charge is 0.480 e. The summed E-state index contributed by atoms with van der Waals surface area (Å²) in [4.78, 5) is 14.3. The highest BCUT2D eigenvalue weighted by Crippen LogP contribution is 2.15. The summed E-state index contributed by atoms with van der Waals surface area (Å²) in [5.74, 6) is -0.530. The van der Waals surface area contributed by atoms with Gasteiger partial charge in [0, 0.05) is 19.2 Å². The van der Waals surface area contributed by atoms with Crippen molar-refractivity contribution in [3.63, 3.8) is 0 Å².